The highest BCUT2D eigenvalue weighted by atomic mass is 35.5. The van der Waals surface area contributed by atoms with Crippen LogP contribution >= 0.6 is 23.8 Å². The minimum atomic E-state index is -0.353. The number of carbonyl (C=O) groups is 1. The van der Waals surface area contributed by atoms with Crippen LogP contribution in [-0.2, 0) is 4.79 Å². The summed E-state index contributed by atoms with van der Waals surface area (Å²) in [4.78, 5) is 19.4. The van der Waals surface area contributed by atoms with Crippen LogP contribution in [0.15, 0.2) is 79.0 Å². The van der Waals surface area contributed by atoms with E-state index in [-0.39, 0.29) is 30.2 Å². The maximum Gasteiger partial charge on any atom is 0.226 e. The Morgan fingerprint density at radius 2 is 1.84 bits per heavy atom. The molecule has 38 heavy (non-hydrogen) atoms. The Morgan fingerprint density at radius 1 is 1.11 bits per heavy atom. The van der Waals surface area contributed by atoms with Crippen molar-refractivity contribution in [2.45, 2.75) is 32.4 Å². The molecule has 2 unspecified atom stereocenters. The number of benzene rings is 2. The molecule has 1 aliphatic rings. The van der Waals surface area contributed by atoms with Crippen LogP contribution in [0.25, 0.3) is 5.69 Å². The minimum absolute atomic E-state index is 0.180. The summed E-state index contributed by atoms with van der Waals surface area (Å²) < 4.78 is 15.4. The van der Waals surface area contributed by atoms with Gasteiger partial charge in [0.25, 0.3) is 0 Å². The smallest absolute Gasteiger partial charge is 0.226 e. The number of para-hydroxylation sites is 1. The van der Waals surface area contributed by atoms with Crippen LogP contribution in [0, 0.1) is 19.7 Å². The zero-order chi connectivity index (χ0) is 26.8. The molecule has 0 bridgehead atoms. The van der Waals surface area contributed by atoms with E-state index < -0.39 is 0 Å². The van der Waals surface area contributed by atoms with Gasteiger partial charge in [0.15, 0.2) is 5.11 Å². The quantitative estimate of drug-likeness (QED) is 0.267. The molecule has 0 spiro atoms. The molecule has 2 atom stereocenters. The average Bonchev–Trinajstić information content (AvgIpc) is 3.39. The third-order valence-corrected chi connectivity index (χ3v) is 7.46. The average molecular weight is 548 g/mol. The Hall–Kier alpha value is -3.75. The van der Waals surface area contributed by atoms with Gasteiger partial charge in [0, 0.05) is 36.2 Å². The molecule has 0 radical (unpaired) electrons. The standard InChI is InChI=1S/C29H27ClFN5OS/c1-18-17-22(19(2)36(18)25-9-4-3-7-23(25)30)28-27(24-8-5-6-15-32-24)34-29(38)35(28)16-14-26(37)33-21-12-10-20(31)11-13-21/h3-13,15,17,27-28H,14,16H2,1-2H3,(H,33,37)(H,34,38). The number of hydrogen-bond donors (Lipinski definition) is 2. The molecule has 4 aromatic rings. The molecule has 1 saturated heterocycles. The number of aromatic nitrogens is 2. The molecule has 5 rings (SSSR count). The van der Waals surface area contributed by atoms with Gasteiger partial charge in [-0.2, -0.15) is 0 Å². The topological polar surface area (TPSA) is 62.2 Å². The van der Waals surface area contributed by atoms with Crippen molar-refractivity contribution in [1.29, 1.82) is 0 Å². The molecule has 1 amide bonds. The number of pyridine rings is 1. The van der Waals surface area contributed by atoms with Crippen molar-refractivity contribution in [1.82, 2.24) is 19.8 Å². The highest BCUT2D eigenvalue weighted by Gasteiger charge is 2.41. The molecule has 2 aromatic heterocycles. The van der Waals surface area contributed by atoms with E-state index in [9.17, 15) is 9.18 Å². The number of anilines is 1. The van der Waals surface area contributed by atoms with Crippen molar-refractivity contribution in [3.63, 3.8) is 0 Å². The maximum absolute atomic E-state index is 13.2. The molecular weight excluding hydrogens is 521 g/mol. The Kier molecular flexibility index (Phi) is 7.44. The van der Waals surface area contributed by atoms with Gasteiger partial charge in [0.2, 0.25) is 5.91 Å². The summed E-state index contributed by atoms with van der Waals surface area (Å²) >= 11 is 12.3. The van der Waals surface area contributed by atoms with Crippen LogP contribution in [0.2, 0.25) is 5.02 Å². The second-order valence-corrected chi connectivity index (χ2v) is 10.0. The van der Waals surface area contributed by atoms with Gasteiger partial charge in [-0.25, -0.2) is 4.39 Å². The summed E-state index contributed by atoms with van der Waals surface area (Å²) in [6.45, 7) is 4.52. The number of rotatable bonds is 7. The molecule has 0 aliphatic carbocycles. The highest BCUT2D eigenvalue weighted by molar-refractivity contribution is 7.80. The zero-order valence-corrected chi connectivity index (χ0v) is 22.6. The van der Waals surface area contributed by atoms with Crippen LogP contribution < -0.4 is 10.6 Å². The third kappa shape index (κ3) is 5.14. The molecule has 0 saturated carbocycles. The molecule has 1 fully saturated rings. The van der Waals surface area contributed by atoms with Gasteiger partial charge in [-0.1, -0.05) is 29.8 Å². The lowest BCUT2D eigenvalue weighted by molar-refractivity contribution is -0.116. The summed E-state index contributed by atoms with van der Waals surface area (Å²) in [5.74, 6) is -0.532. The fourth-order valence-corrected chi connectivity index (χ4v) is 5.61. The first-order valence-electron chi connectivity index (χ1n) is 12.3. The van der Waals surface area contributed by atoms with E-state index in [1.807, 2.05) is 42.5 Å². The van der Waals surface area contributed by atoms with Crippen LogP contribution in [0.3, 0.4) is 0 Å². The minimum Gasteiger partial charge on any atom is -0.352 e. The van der Waals surface area contributed by atoms with Crippen LogP contribution in [0.4, 0.5) is 10.1 Å². The van der Waals surface area contributed by atoms with Crippen molar-refractivity contribution in [2.24, 2.45) is 0 Å². The first-order chi connectivity index (χ1) is 18.3. The molecule has 2 N–H and O–H groups in total. The SMILES string of the molecule is Cc1cc(C2C(c3ccccn3)NC(=S)N2CCC(=O)Nc2ccc(F)cc2)c(C)n1-c1ccccc1Cl. The maximum atomic E-state index is 13.2. The molecule has 9 heteroatoms. The molecule has 6 nitrogen and oxygen atoms in total. The van der Waals surface area contributed by atoms with Gasteiger partial charge < -0.3 is 20.1 Å². The third-order valence-electron chi connectivity index (χ3n) is 6.79. The number of thiocarbonyl (C=S) groups is 1. The van der Waals surface area contributed by atoms with Crippen molar-refractivity contribution in [3.05, 3.63) is 112 Å². The lowest BCUT2D eigenvalue weighted by Gasteiger charge is -2.28. The molecule has 2 aromatic carbocycles. The Balaban J connectivity index is 1.47. The lowest BCUT2D eigenvalue weighted by Crippen LogP contribution is -2.32. The van der Waals surface area contributed by atoms with E-state index in [1.165, 1.54) is 12.1 Å². The van der Waals surface area contributed by atoms with E-state index in [0.717, 1.165) is 28.3 Å². The number of carbonyl (C=O) groups excluding carboxylic acids is 1. The fourth-order valence-electron chi connectivity index (χ4n) is 5.05. The predicted molar refractivity (Wildman–Crippen MR) is 152 cm³/mol. The summed E-state index contributed by atoms with van der Waals surface area (Å²) in [7, 11) is 0. The van der Waals surface area contributed by atoms with E-state index in [1.54, 1.807) is 18.3 Å². The summed E-state index contributed by atoms with van der Waals surface area (Å²) in [6.07, 6.45) is 1.97. The Bertz CT molecular complexity index is 1470. The molecule has 1 aliphatic heterocycles. The first-order valence-corrected chi connectivity index (χ1v) is 13.1. The number of amides is 1. The van der Waals surface area contributed by atoms with Crippen molar-refractivity contribution < 1.29 is 9.18 Å². The lowest BCUT2D eigenvalue weighted by atomic mass is 9.96. The summed E-state index contributed by atoms with van der Waals surface area (Å²) in [6, 6.07) is 21.0. The monoisotopic (exact) mass is 547 g/mol. The number of halogens is 2. The van der Waals surface area contributed by atoms with Gasteiger partial charge >= 0.3 is 0 Å². The summed E-state index contributed by atoms with van der Waals surface area (Å²) in [5.41, 5.74) is 5.46. The van der Waals surface area contributed by atoms with Gasteiger partial charge in [0.1, 0.15) is 5.82 Å². The molecule has 3 heterocycles. The fraction of sp³-hybridized carbons (Fsp3) is 0.207. The van der Waals surface area contributed by atoms with Gasteiger partial charge in [-0.3, -0.25) is 9.78 Å². The molecule has 194 valence electrons. The number of nitrogens with one attached hydrogen (secondary N) is 2. The number of hydrogen-bond acceptors (Lipinski definition) is 3. The van der Waals surface area contributed by atoms with Gasteiger partial charge in [-0.05, 0) is 86.2 Å². The zero-order valence-electron chi connectivity index (χ0n) is 21.0. The second-order valence-electron chi connectivity index (χ2n) is 9.24. The predicted octanol–water partition coefficient (Wildman–Crippen LogP) is 6.28. The van der Waals surface area contributed by atoms with Gasteiger partial charge in [-0.15, -0.1) is 0 Å². The van der Waals surface area contributed by atoms with Crippen molar-refractivity contribution in [3.8, 4) is 5.69 Å². The normalized spacial score (nSPS) is 16.9. The first kappa shape index (κ1) is 25.9. The van der Waals surface area contributed by atoms with Crippen LogP contribution in [0.1, 0.15) is 41.1 Å². The van der Waals surface area contributed by atoms with E-state index in [4.69, 9.17) is 23.8 Å². The number of nitrogens with zero attached hydrogens (tertiary/aromatic N) is 3. The largest absolute Gasteiger partial charge is 0.352 e. The van der Waals surface area contributed by atoms with Crippen molar-refractivity contribution >= 4 is 40.5 Å². The Labute approximate surface area is 231 Å². The number of aryl methyl sites for hydroxylation is 1. The van der Waals surface area contributed by atoms with E-state index >= 15 is 0 Å². The van der Waals surface area contributed by atoms with Gasteiger partial charge in [0.05, 0.1) is 28.5 Å². The van der Waals surface area contributed by atoms with E-state index in [2.05, 4.69) is 45.0 Å². The highest BCUT2D eigenvalue weighted by Crippen LogP contribution is 2.41. The van der Waals surface area contributed by atoms with Crippen LogP contribution in [0.5, 0.6) is 0 Å². The van der Waals surface area contributed by atoms with E-state index in [0.29, 0.717) is 22.4 Å². The van der Waals surface area contributed by atoms with Crippen molar-refractivity contribution in [2.75, 3.05) is 11.9 Å². The summed E-state index contributed by atoms with van der Waals surface area (Å²) in [5, 5.41) is 7.49. The van der Waals surface area contributed by atoms with Crippen LogP contribution in [-0.4, -0.2) is 32.0 Å². The molecular formula is C29H27ClFN5OS. The Morgan fingerprint density at radius 3 is 2.55 bits per heavy atom. The second kappa shape index (κ2) is 10.9.